The maximum Gasteiger partial charge on any atom is 0.159 e. The zero-order chi connectivity index (χ0) is 17.6. The Labute approximate surface area is 158 Å². The molecule has 4 rings (SSSR count). The van der Waals surface area contributed by atoms with Gasteiger partial charge in [-0.15, -0.1) is 28.8 Å². The molecule has 0 radical (unpaired) electrons. The van der Waals surface area contributed by atoms with Crippen molar-refractivity contribution in [3.8, 4) is 0 Å². The fourth-order valence-corrected chi connectivity index (χ4v) is 3.92. The van der Waals surface area contributed by atoms with Gasteiger partial charge in [0.1, 0.15) is 10.6 Å². The molecule has 4 aromatic rings. The molecule has 8 heteroatoms. The second kappa shape index (κ2) is 7.09. The van der Waals surface area contributed by atoms with Crippen LogP contribution in [0.25, 0.3) is 20.3 Å². The summed E-state index contributed by atoms with van der Waals surface area (Å²) >= 11 is 1.52. The highest BCUT2D eigenvalue weighted by Crippen LogP contribution is 2.37. The molecular weight excluding hydrogens is 378 g/mol. The second-order valence-electron chi connectivity index (χ2n) is 5.83. The van der Waals surface area contributed by atoms with Crippen LogP contribution in [0.3, 0.4) is 0 Å². The van der Waals surface area contributed by atoms with Crippen LogP contribution in [0.15, 0.2) is 30.5 Å². The van der Waals surface area contributed by atoms with Crippen molar-refractivity contribution in [3.63, 3.8) is 0 Å². The van der Waals surface area contributed by atoms with Crippen LogP contribution in [0.2, 0.25) is 0 Å². The van der Waals surface area contributed by atoms with Crippen molar-refractivity contribution in [2.45, 2.75) is 20.4 Å². The van der Waals surface area contributed by atoms with Crippen LogP contribution in [-0.4, -0.2) is 15.2 Å². The van der Waals surface area contributed by atoms with Crippen molar-refractivity contribution < 1.29 is 8.78 Å². The van der Waals surface area contributed by atoms with Crippen molar-refractivity contribution >= 4 is 49.9 Å². The predicted molar refractivity (Wildman–Crippen MR) is 103 cm³/mol. The van der Waals surface area contributed by atoms with E-state index in [-0.39, 0.29) is 12.4 Å². The summed E-state index contributed by atoms with van der Waals surface area (Å²) < 4.78 is 27.4. The number of fused-ring (bicyclic) bond motifs is 3. The minimum atomic E-state index is -0.853. The van der Waals surface area contributed by atoms with Crippen LogP contribution < -0.4 is 5.32 Å². The van der Waals surface area contributed by atoms with Crippen LogP contribution in [0, 0.1) is 25.5 Å². The number of hydrogen-bond donors (Lipinski definition) is 1. The molecule has 3 aromatic heterocycles. The Hall–Kier alpha value is -2.38. The molecule has 0 aliphatic heterocycles. The Morgan fingerprint density at radius 3 is 2.65 bits per heavy atom. The standard InChI is InChI=1S/C18H14F2N4S.ClH/c1-9-10(2)23-24-18-15(9)12-5-6-21-17(16(12)25-18)22-8-11-3-4-13(19)14(20)7-11;/h3-7H,8H2,1-2H3,(H,21,22);1H. The Morgan fingerprint density at radius 1 is 1.08 bits per heavy atom. The Bertz CT molecular complexity index is 1110. The SMILES string of the molecule is Cc1nnc2sc3c(NCc4ccc(F)c(F)c4)nccc3c2c1C.Cl. The van der Waals surface area contributed by atoms with Crippen molar-refractivity contribution in [3.05, 3.63) is 58.9 Å². The first-order valence-corrected chi connectivity index (χ1v) is 8.55. The average Bonchev–Trinajstić information content (AvgIpc) is 2.99. The lowest BCUT2D eigenvalue weighted by molar-refractivity contribution is 0.507. The average molecular weight is 393 g/mol. The van der Waals surface area contributed by atoms with Gasteiger partial charge in [0.05, 0.1) is 10.4 Å². The van der Waals surface area contributed by atoms with E-state index in [1.165, 1.54) is 17.4 Å². The number of nitrogens with zero attached hydrogens (tertiary/aromatic N) is 3. The number of aromatic nitrogens is 3. The number of nitrogens with one attached hydrogen (secondary N) is 1. The van der Waals surface area contributed by atoms with E-state index in [4.69, 9.17) is 0 Å². The summed E-state index contributed by atoms with van der Waals surface area (Å²) in [6, 6.07) is 5.83. The summed E-state index contributed by atoms with van der Waals surface area (Å²) in [7, 11) is 0. The van der Waals surface area contributed by atoms with E-state index in [9.17, 15) is 8.78 Å². The smallest absolute Gasteiger partial charge is 0.159 e. The second-order valence-corrected chi connectivity index (χ2v) is 6.83. The van der Waals surface area contributed by atoms with E-state index in [2.05, 4.69) is 20.5 Å². The highest BCUT2D eigenvalue weighted by molar-refractivity contribution is 7.26. The first-order valence-electron chi connectivity index (χ1n) is 7.73. The van der Waals surface area contributed by atoms with E-state index in [0.29, 0.717) is 17.9 Å². The number of pyridine rings is 1. The topological polar surface area (TPSA) is 50.7 Å². The molecule has 0 fully saturated rings. The summed E-state index contributed by atoms with van der Waals surface area (Å²) in [6.07, 6.45) is 1.73. The summed E-state index contributed by atoms with van der Waals surface area (Å²) in [5.74, 6) is -1.01. The molecular formula is C18H15ClF2N4S. The first kappa shape index (κ1) is 18.4. The lowest BCUT2D eigenvalue weighted by Crippen LogP contribution is -2.02. The highest BCUT2D eigenvalue weighted by Gasteiger charge is 2.14. The van der Waals surface area contributed by atoms with Crippen LogP contribution in [0.5, 0.6) is 0 Å². The molecule has 26 heavy (non-hydrogen) atoms. The quantitative estimate of drug-likeness (QED) is 0.522. The van der Waals surface area contributed by atoms with Gasteiger partial charge in [-0.2, -0.15) is 5.10 Å². The van der Waals surface area contributed by atoms with Gasteiger partial charge in [-0.1, -0.05) is 6.07 Å². The minimum Gasteiger partial charge on any atom is -0.365 e. The van der Waals surface area contributed by atoms with Gasteiger partial charge in [-0.25, -0.2) is 13.8 Å². The normalized spacial score (nSPS) is 10.9. The molecule has 0 atom stereocenters. The largest absolute Gasteiger partial charge is 0.365 e. The molecule has 3 heterocycles. The molecule has 1 aromatic carbocycles. The van der Waals surface area contributed by atoms with Crippen molar-refractivity contribution in [2.75, 3.05) is 5.32 Å². The van der Waals surface area contributed by atoms with Gasteiger partial charge < -0.3 is 5.32 Å². The van der Waals surface area contributed by atoms with Crippen LogP contribution >= 0.6 is 23.7 Å². The molecule has 0 saturated heterocycles. The van der Waals surface area contributed by atoms with E-state index in [0.717, 1.165) is 37.6 Å². The Kier molecular flexibility index (Phi) is 5.02. The van der Waals surface area contributed by atoms with Gasteiger partial charge in [0.15, 0.2) is 11.6 Å². The fourth-order valence-electron chi connectivity index (χ4n) is 2.78. The van der Waals surface area contributed by atoms with E-state index < -0.39 is 11.6 Å². The van der Waals surface area contributed by atoms with Crippen LogP contribution in [0.1, 0.15) is 16.8 Å². The maximum absolute atomic E-state index is 13.3. The molecule has 0 aliphatic rings. The third-order valence-electron chi connectivity index (χ3n) is 4.24. The van der Waals surface area contributed by atoms with Gasteiger partial charge in [0.2, 0.25) is 0 Å². The molecule has 0 aliphatic carbocycles. The lowest BCUT2D eigenvalue weighted by atomic mass is 10.1. The molecule has 1 N–H and O–H groups in total. The third-order valence-corrected chi connectivity index (χ3v) is 5.34. The van der Waals surface area contributed by atoms with Gasteiger partial charge in [0, 0.05) is 23.5 Å². The van der Waals surface area contributed by atoms with E-state index in [1.54, 1.807) is 12.3 Å². The van der Waals surface area contributed by atoms with Crippen molar-refractivity contribution in [1.82, 2.24) is 15.2 Å². The number of anilines is 1. The van der Waals surface area contributed by atoms with Crippen LogP contribution in [-0.2, 0) is 6.54 Å². The Morgan fingerprint density at radius 2 is 1.88 bits per heavy atom. The lowest BCUT2D eigenvalue weighted by Gasteiger charge is -2.07. The summed E-state index contributed by atoms with van der Waals surface area (Å²) in [5, 5.41) is 13.8. The van der Waals surface area contributed by atoms with Gasteiger partial charge in [-0.05, 0) is 43.2 Å². The monoisotopic (exact) mass is 392 g/mol. The zero-order valence-electron chi connectivity index (χ0n) is 14.0. The Balaban J connectivity index is 0.00000196. The summed E-state index contributed by atoms with van der Waals surface area (Å²) in [6.45, 7) is 4.32. The molecule has 4 nitrogen and oxygen atoms in total. The summed E-state index contributed by atoms with van der Waals surface area (Å²) in [5.41, 5.74) is 2.65. The van der Waals surface area contributed by atoms with Crippen LogP contribution in [0.4, 0.5) is 14.6 Å². The summed E-state index contributed by atoms with van der Waals surface area (Å²) in [4.78, 5) is 5.26. The molecule has 134 valence electrons. The van der Waals surface area contributed by atoms with Gasteiger partial charge in [0.25, 0.3) is 0 Å². The number of halogens is 3. The minimum absolute atomic E-state index is 0. The van der Waals surface area contributed by atoms with E-state index >= 15 is 0 Å². The van der Waals surface area contributed by atoms with E-state index in [1.807, 2.05) is 19.9 Å². The van der Waals surface area contributed by atoms with Gasteiger partial charge >= 0.3 is 0 Å². The number of rotatable bonds is 3. The number of thiophene rings is 1. The number of aryl methyl sites for hydroxylation is 2. The van der Waals surface area contributed by atoms with Crippen molar-refractivity contribution in [1.29, 1.82) is 0 Å². The highest BCUT2D eigenvalue weighted by atomic mass is 35.5. The molecule has 0 saturated carbocycles. The first-order chi connectivity index (χ1) is 12.0. The zero-order valence-corrected chi connectivity index (χ0v) is 15.6. The number of hydrogen-bond acceptors (Lipinski definition) is 5. The molecule has 0 unspecified atom stereocenters. The van der Waals surface area contributed by atoms with Crippen molar-refractivity contribution in [2.24, 2.45) is 0 Å². The molecule has 0 bridgehead atoms. The molecule has 0 spiro atoms. The molecule has 0 amide bonds. The third kappa shape index (κ3) is 3.08. The fraction of sp³-hybridized carbons (Fsp3) is 0.167. The number of benzene rings is 1. The van der Waals surface area contributed by atoms with Gasteiger partial charge in [-0.3, -0.25) is 0 Å². The predicted octanol–water partition coefficient (Wildman–Crippen LogP) is 5.17. The maximum atomic E-state index is 13.3.